The Labute approximate surface area is 186 Å². The van der Waals surface area contributed by atoms with Crippen molar-refractivity contribution in [1.29, 1.82) is 0 Å². The number of amides is 1. The number of para-hydroxylation sites is 1. The molecular formula is C26H35N3O2. The van der Waals surface area contributed by atoms with Crippen molar-refractivity contribution < 1.29 is 9.53 Å². The Hall–Kier alpha value is -2.37. The van der Waals surface area contributed by atoms with Gasteiger partial charge in [0.2, 0.25) is 5.91 Å². The molecule has 0 saturated carbocycles. The van der Waals surface area contributed by atoms with Crippen LogP contribution < -0.4 is 9.80 Å². The lowest BCUT2D eigenvalue weighted by Gasteiger charge is -2.35. The van der Waals surface area contributed by atoms with E-state index < -0.39 is 0 Å². The molecule has 31 heavy (non-hydrogen) atoms. The summed E-state index contributed by atoms with van der Waals surface area (Å²) in [7, 11) is 3.90. The number of anilines is 2. The number of piperazine rings is 1. The van der Waals surface area contributed by atoms with Gasteiger partial charge in [-0.2, -0.15) is 0 Å². The van der Waals surface area contributed by atoms with Crippen molar-refractivity contribution in [1.82, 2.24) is 4.90 Å². The summed E-state index contributed by atoms with van der Waals surface area (Å²) in [4.78, 5) is 20.1. The minimum absolute atomic E-state index is 0.0451. The zero-order valence-corrected chi connectivity index (χ0v) is 19.3. The molecule has 5 heteroatoms. The summed E-state index contributed by atoms with van der Waals surface area (Å²) in [6.07, 6.45) is 1.72. The molecule has 0 spiro atoms. The topological polar surface area (TPSA) is 36.0 Å². The molecule has 0 N–H and O–H groups in total. The average Bonchev–Trinajstić information content (AvgIpc) is 3.15. The summed E-state index contributed by atoms with van der Waals surface area (Å²) in [6, 6.07) is 16.9. The van der Waals surface area contributed by atoms with E-state index in [1.165, 1.54) is 11.3 Å². The molecule has 166 valence electrons. The second-order valence-corrected chi connectivity index (χ2v) is 9.36. The molecule has 2 fully saturated rings. The molecule has 0 aromatic heterocycles. The van der Waals surface area contributed by atoms with Crippen molar-refractivity contribution in [2.24, 2.45) is 5.92 Å². The van der Waals surface area contributed by atoms with E-state index in [2.05, 4.69) is 79.2 Å². The molecule has 4 rings (SSSR count). The van der Waals surface area contributed by atoms with Crippen LogP contribution in [0.15, 0.2) is 48.5 Å². The lowest BCUT2D eigenvalue weighted by Crippen LogP contribution is -2.44. The number of carbonyl (C=O) groups is 1. The molecule has 1 atom stereocenters. The molecule has 2 aliphatic rings. The molecule has 0 bridgehead atoms. The van der Waals surface area contributed by atoms with Gasteiger partial charge in [0, 0.05) is 57.1 Å². The SMILES string of the molecule is COC(C)(C)c1ccc(N2CC[C@H](Cc3ccccc3N3CCN(C)CC3)C2=O)cc1. The average molecular weight is 422 g/mol. The van der Waals surface area contributed by atoms with E-state index in [1.807, 2.05) is 4.90 Å². The summed E-state index contributed by atoms with van der Waals surface area (Å²) in [5.41, 5.74) is 4.36. The summed E-state index contributed by atoms with van der Waals surface area (Å²) in [5.74, 6) is 0.288. The summed E-state index contributed by atoms with van der Waals surface area (Å²) >= 11 is 0. The predicted octanol–water partition coefficient (Wildman–Crippen LogP) is 3.92. The van der Waals surface area contributed by atoms with Gasteiger partial charge in [-0.1, -0.05) is 30.3 Å². The third kappa shape index (κ3) is 4.63. The van der Waals surface area contributed by atoms with Crippen molar-refractivity contribution >= 4 is 17.3 Å². The van der Waals surface area contributed by atoms with Gasteiger partial charge in [-0.15, -0.1) is 0 Å². The number of ether oxygens (including phenoxy) is 1. The minimum Gasteiger partial charge on any atom is -0.374 e. The van der Waals surface area contributed by atoms with Gasteiger partial charge in [0.05, 0.1) is 5.60 Å². The number of carbonyl (C=O) groups excluding carboxylic acids is 1. The van der Waals surface area contributed by atoms with Crippen LogP contribution in [-0.4, -0.2) is 57.7 Å². The first kappa shape index (κ1) is 21.8. The highest BCUT2D eigenvalue weighted by Crippen LogP contribution is 2.32. The van der Waals surface area contributed by atoms with E-state index >= 15 is 0 Å². The molecule has 0 aliphatic carbocycles. The summed E-state index contributed by atoms with van der Waals surface area (Å²) < 4.78 is 5.57. The van der Waals surface area contributed by atoms with Crippen molar-refractivity contribution in [3.8, 4) is 0 Å². The maximum atomic E-state index is 13.3. The highest BCUT2D eigenvalue weighted by atomic mass is 16.5. The van der Waals surface area contributed by atoms with Gasteiger partial charge in [0.1, 0.15) is 0 Å². The van der Waals surface area contributed by atoms with Gasteiger partial charge in [0.15, 0.2) is 0 Å². The third-order valence-electron chi connectivity index (χ3n) is 7.00. The predicted molar refractivity (Wildman–Crippen MR) is 127 cm³/mol. The van der Waals surface area contributed by atoms with Crippen LogP contribution in [0.4, 0.5) is 11.4 Å². The van der Waals surface area contributed by atoms with Crippen molar-refractivity contribution in [2.75, 3.05) is 56.7 Å². The van der Waals surface area contributed by atoms with Crippen LogP contribution in [0.25, 0.3) is 0 Å². The third-order valence-corrected chi connectivity index (χ3v) is 7.00. The van der Waals surface area contributed by atoms with Gasteiger partial charge in [-0.3, -0.25) is 4.79 Å². The Bertz CT molecular complexity index is 901. The fourth-order valence-electron chi connectivity index (χ4n) is 4.65. The Morgan fingerprint density at radius 2 is 1.65 bits per heavy atom. The van der Waals surface area contributed by atoms with E-state index in [-0.39, 0.29) is 17.4 Å². The number of methoxy groups -OCH3 is 1. The molecule has 2 aliphatic heterocycles. The second-order valence-electron chi connectivity index (χ2n) is 9.36. The van der Waals surface area contributed by atoms with Crippen LogP contribution in [0.3, 0.4) is 0 Å². The molecule has 0 unspecified atom stereocenters. The summed E-state index contributed by atoms with van der Waals surface area (Å²) in [6.45, 7) is 9.15. The van der Waals surface area contributed by atoms with Crippen molar-refractivity contribution in [3.63, 3.8) is 0 Å². The number of likely N-dealkylation sites (N-methyl/N-ethyl adjacent to an activating group) is 1. The zero-order valence-electron chi connectivity index (χ0n) is 19.3. The normalized spacial score (nSPS) is 20.5. The van der Waals surface area contributed by atoms with E-state index in [1.54, 1.807) is 7.11 Å². The van der Waals surface area contributed by atoms with Crippen LogP contribution in [-0.2, 0) is 21.6 Å². The van der Waals surface area contributed by atoms with Crippen LogP contribution in [0.5, 0.6) is 0 Å². The van der Waals surface area contributed by atoms with E-state index in [0.717, 1.165) is 56.8 Å². The maximum Gasteiger partial charge on any atom is 0.230 e. The molecular weight excluding hydrogens is 386 g/mol. The van der Waals surface area contributed by atoms with Gasteiger partial charge < -0.3 is 19.4 Å². The number of hydrogen-bond acceptors (Lipinski definition) is 4. The highest BCUT2D eigenvalue weighted by Gasteiger charge is 2.33. The van der Waals surface area contributed by atoms with Crippen LogP contribution in [0.2, 0.25) is 0 Å². The number of hydrogen-bond donors (Lipinski definition) is 0. The van der Waals surface area contributed by atoms with Gasteiger partial charge >= 0.3 is 0 Å². The van der Waals surface area contributed by atoms with Gasteiger partial charge in [0.25, 0.3) is 0 Å². The molecule has 2 aromatic carbocycles. The largest absolute Gasteiger partial charge is 0.374 e. The van der Waals surface area contributed by atoms with E-state index in [9.17, 15) is 4.79 Å². The first-order valence-electron chi connectivity index (χ1n) is 11.4. The number of nitrogens with zero attached hydrogens (tertiary/aromatic N) is 3. The Morgan fingerprint density at radius 1 is 0.968 bits per heavy atom. The first-order chi connectivity index (χ1) is 14.9. The minimum atomic E-state index is -0.330. The van der Waals surface area contributed by atoms with Crippen LogP contribution in [0.1, 0.15) is 31.4 Å². The molecule has 1 amide bonds. The zero-order chi connectivity index (χ0) is 22.0. The fourth-order valence-corrected chi connectivity index (χ4v) is 4.65. The quantitative estimate of drug-likeness (QED) is 0.708. The smallest absolute Gasteiger partial charge is 0.230 e. The lowest BCUT2D eigenvalue weighted by molar-refractivity contribution is -0.120. The van der Waals surface area contributed by atoms with Crippen molar-refractivity contribution in [3.05, 3.63) is 59.7 Å². The fraction of sp³-hybridized carbons (Fsp3) is 0.500. The standard InChI is InChI=1S/C26H35N3O2/c1-26(2,31-4)22-9-11-23(12-10-22)29-14-13-21(25(29)30)19-20-7-5-6-8-24(20)28-17-15-27(3)16-18-28/h5-12,21H,13-19H2,1-4H3/t21-/m1/s1. The number of rotatable bonds is 6. The molecule has 5 nitrogen and oxygen atoms in total. The van der Waals surface area contributed by atoms with Crippen LogP contribution >= 0.6 is 0 Å². The molecule has 0 radical (unpaired) electrons. The molecule has 2 aromatic rings. The highest BCUT2D eigenvalue weighted by molar-refractivity contribution is 5.97. The molecule has 2 heterocycles. The van der Waals surface area contributed by atoms with E-state index in [0.29, 0.717) is 0 Å². The molecule has 2 saturated heterocycles. The maximum absolute atomic E-state index is 13.3. The van der Waals surface area contributed by atoms with E-state index in [4.69, 9.17) is 4.74 Å². The first-order valence-corrected chi connectivity index (χ1v) is 11.4. The van der Waals surface area contributed by atoms with Crippen LogP contribution in [0, 0.1) is 5.92 Å². The second kappa shape index (κ2) is 9.01. The van der Waals surface area contributed by atoms with Gasteiger partial charge in [-0.25, -0.2) is 0 Å². The number of benzene rings is 2. The van der Waals surface area contributed by atoms with Gasteiger partial charge in [-0.05, 0) is 63.1 Å². The Kier molecular flexibility index (Phi) is 6.35. The summed E-state index contributed by atoms with van der Waals surface area (Å²) in [5, 5.41) is 0. The lowest BCUT2D eigenvalue weighted by atomic mass is 9.96. The van der Waals surface area contributed by atoms with Crippen molar-refractivity contribution in [2.45, 2.75) is 32.3 Å². The Balaban J connectivity index is 1.46. The monoisotopic (exact) mass is 421 g/mol. The Morgan fingerprint density at radius 3 is 2.32 bits per heavy atom.